The van der Waals surface area contributed by atoms with Crippen molar-refractivity contribution in [1.29, 1.82) is 0 Å². The van der Waals surface area contributed by atoms with Crippen LogP contribution in [0.25, 0.3) is 32.9 Å². The summed E-state index contributed by atoms with van der Waals surface area (Å²) in [6, 6.07) is 8.79. The SMILES string of the molecule is Cc1cc(-c2ncc3c(N4CC5CCC(C4)N5C(=O)OC(C)OC(=O)C(C)C)nc(OCC45CCCN4C(c4ccc(F)c(F)c4)CC5)nc3c2F)c2c(F)c(F)ccc2c1. The summed E-state index contributed by atoms with van der Waals surface area (Å²) in [5, 5.41) is 0.509. The summed E-state index contributed by atoms with van der Waals surface area (Å²) in [5.41, 5.74) is 0.578. The van der Waals surface area contributed by atoms with Gasteiger partial charge < -0.3 is 19.1 Å². The Morgan fingerprint density at radius 1 is 0.869 bits per heavy atom. The van der Waals surface area contributed by atoms with Crippen molar-refractivity contribution in [3.8, 4) is 17.3 Å². The highest BCUT2D eigenvalue weighted by Crippen LogP contribution is 2.49. The van der Waals surface area contributed by atoms with Gasteiger partial charge in [0.2, 0.25) is 6.29 Å². The highest BCUT2D eigenvalue weighted by Gasteiger charge is 2.51. The van der Waals surface area contributed by atoms with E-state index < -0.39 is 58.9 Å². The van der Waals surface area contributed by atoms with Gasteiger partial charge in [-0.1, -0.05) is 32.0 Å². The summed E-state index contributed by atoms with van der Waals surface area (Å²) >= 11 is 0. The van der Waals surface area contributed by atoms with E-state index in [0.29, 0.717) is 61.1 Å². The Kier molecular flexibility index (Phi) is 10.5. The van der Waals surface area contributed by atoms with Gasteiger partial charge in [0.1, 0.15) is 23.6 Å². The van der Waals surface area contributed by atoms with Crippen LogP contribution in [0.15, 0.2) is 48.7 Å². The summed E-state index contributed by atoms with van der Waals surface area (Å²) in [6.45, 7) is 8.07. The molecule has 16 heteroatoms. The Balaban J connectivity index is 1.07. The van der Waals surface area contributed by atoms with E-state index in [1.54, 1.807) is 43.9 Å². The van der Waals surface area contributed by atoms with Crippen molar-refractivity contribution in [2.75, 3.05) is 31.1 Å². The molecule has 4 fully saturated rings. The van der Waals surface area contributed by atoms with Crippen molar-refractivity contribution in [1.82, 2.24) is 24.8 Å². The predicted molar refractivity (Wildman–Crippen MR) is 215 cm³/mol. The first-order valence-corrected chi connectivity index (χ1v) is 20.7. The molecule has 0 saturated carbocycles. The number of fused-ring (bicyclic) bond motifs is 5. The Labute approximate surface area is 348 Å². The molecular weight excluding hydrogens is 800 g/mol. The number of nitrogens with zero attached hydrogens (tertiary/aromatic N) is 6. The second-order valence-corrected chi connectivity index (χ2v) is 17.1. The van der Waals surface area contributed by atoms with Gasteiger partial charge in [-0.3, -0.25) is 19.6 Å². The lowest BCUT2D eigenvalue weighted by Crippen LogP contribution is -2.56. The average Bonchev–Trinajstić information content (AvgIpc) is 3.88. The van der Waals surface area contributed by atoms with Crippen molar-refractivity contribution < 1.29 is 45.8 Å². The maximum absolute atomic E-state index is 17.2. The van der Waals surface area contributed by atoms with Crippen LogP contribution in [0.2, 0.25) is 0 Å². The molecule has 0 spiro atoms. The molecule has 4 aliphatic heterocycles. The number of hydrogen-bond acceptors (Lipinski definition) is 10. The lowest BCUT2D eigenvalue weighted by Gasteiger charge is -2.41. The van der Waals surface area contributed by atoms with Crippen LogP contribution in [0.5, 0.6) is 6.01 Å². The second-order valence-electron chi connectivity index (χ2n) is 17.1. The van der Waals surface area contributed by atoms with Gasteiger partial charge >= 0.3 is 18.1 Å². The van der Waals surface area contributed by atoms with Crippen LogP contribution in [0.4, 0.5) is 32.6 Å². The number of piperazine rings is 1. The molecule has 3 aromatic carbocycles. The zero-order chi connectivity index (χ0) is 42.9. The van der Waals surface area contributed by atoms with E-state index in [-0.39, 0.29) is 58.3 Å². The summed E-state index contributed by atoms with van der Waals surface area (Å²) in [7, 11) is 0. The Bertz CT molecular complexity index is 2570. The number of esters is 1. The first kappa shape index (κ1) is 40.7. The second kappa shape index (κ2) is 15.7. The predicted octanol–water partition coefficient (Wildman–Crippen LogP) is 8.93. The number of ether oxygens (including phenoxy) is 3. The largest absolute Gasteiger partial charge is 0.461 e. The third kappa shape index (κ3) is 7.25. The number of aryl methyl sites for hydroxylation is 1. The van der Waals surface area contributed by atoms with Crippen LogP contribution < -0.4 is 9.64 Å². The third-order valence-electron chi connectivity index (χ3n) is 12.8. The normalized spacial score (nSPS) is 23.0. The fourth-order valence-corrected chi connectivity index (χ4v) is 9.92. The van der Waals surface area contributed by atoms with E-state index in [1.807, 2.05) is 4.90 Å². The van der Waals surface area contributed by atoms with E-state index in [9.17, 15) is 22.8 Å². The first-order valence-electron chi connectivity index (χ1n) is 20.7. The minimum absolute atomic E-state index is 0.0576. The van der Waals surface area contributed by atoms with Gasteiger partial charge in [-0.2, -0.15) is 9.97 Å². The standard InChI is InChI=1S/C45H45F5N6O5/c1-23(2)42(57)60-25(4)61-44(58)56-28-8-9-29(56)21-54(20-28)41-31-19-51-39(30-17-24(3)16-27-7-11-33(47)37(49)36(27)30)38(50)40(31)52-43(53-41)59-22-45-13-5-15-55(45)35(12-14-45)26-6-10-32(46)34(48)18-26/h6-7,10-11,16-19,23,25,28-29,35H,5,8-9,12-15,20-22H2,1-4H3. The topological polar surface area (TPSA) is 110 Å². The number of carbonyl (C=O) groups excluding carboxylic acids is 2. The van der Waals surface area contributed by atoms with E-state index >= 15 is 8.78 Å². The third-order valence-corrected chi connectivity index (χ3v) is 12.8. The van der Waals surface area contributed by atoms with E-state index in [0.717, 1.165) is 31.5 Å². The van der Waals surface area contributed by atoms with E-state index in [2.05, 4.69) is 14.9 Å². The minimum Gasteiger partial charge on any atom is -0.461 e. The number of anilines is 1. The molecule has 5 unspecified atom stereocenters. The fourth-order valence-electron chi connectivity index (χ4n) is 9.92. The lowest BCUT2D eigenvalue weighted by molar-refractivity contribution is -0.170. The number of benzene rings is 3. The van der Waals surface area contributed by atoms with E-state index in [1.165, 1.54) is 25.3 Å². The molecule has 2 bridgehead atoms. The molecule has 4 saturated heterocycles. The molecule has 11 nitrogen and oxygen atoms in total. The van der Waals surface area contributed by atoms with Crippen LogP contribution in [-0.2, 0) is 14.3 Å². The molecule has 1 amide bonds. The molecular formula is C45H45F5N6O5. The number of halogens is 5. The van der Waals surface area contributed by atoms with Gasteiger partial charge in [0.15, 0.2) is 29.1 Å². The maximum atomic E-state index is 17.2. The highest BCUT2D eigenvalue weighted by molar-refractivity contribution is 6.00. The van der Waals surface area contributed by atoms with Crippen molar-refractivity contribution in [3.63, 3.8) is 0 Å². The quantitative estimate of drug-likeness (QED) is 0.0811. The van der Waals surface area contributed by atoms with Crippen LogP contribution >= 0.6 is 0 Å². The van der Waals surface area contributed by atoms with Gasteiger partial charge in [-0.05, 0) is 92.8 Å². The van der Waals surface area contributed by atoms with Gasteiger partial charge in [-0.25, -0.2) is 26.7 Å². The molecule has 6 heterocycles. The van der Waals surface area contributed by atoms with Crippen molar-refractivity contribution in [2.45, 2.75) is 96.2 Å². The number of amides is 1. The lowest BCUT2D eigenvalue weighted by atomic mass is 9.95. The monoisotopic (exact) mass is 844 g/mol. The summed E-state index contributed by atoms with van der Waals surface area (Å²) in [4.78, 5) is 45.4. The minimum atomic E-state index is -1.13. The van der Waals surface area contributed by atoms with Gasteiger partial charge in [0, 0.05) is 43.2 Å². The Morgan fingerprint density at radius 2 is 1.62 bits per heavy atom. The van der Waals surface area contributed by atoms with E-state index in [4.69, 9.17) is 19.2 Å². The van der Waals surface area contributed by atoms with Crippen molar-refractivity contribution >= 4 is 39.6 Å². The average molecular weight is 845 g/mol. The summed E-state index contributed by atoms with van der Waals surface area (Å²) in [5.74, 6) is -5.47. The Hall–Kier alpha value is -5.64. The number of pyridine rings is 1. The molecule has 320 valence electrons. The summed E-state index contributed by atoms with van der Waals surface area (Å²) < 4.78 is 92.8. The maximum Gasteiger partial charge on any atom is 0.413 e. The smallest absolute Gasteiger partial charge is 0.413 e. The van der Waals surface area contributed by atoms with Crippen molar-refractivity contribution in [3.05, 3.63) is 88.9 Å². The van der Waals surface area contributed by atoms with Crippen LogP contribution in [0, 0.1) is 41.9 Å². The molecule has 2 aromatic heterocycles. The van der Waals surface area contributed by atoms with Crippen LogP contribution in [0.3, 0.4) is 0 Å². The Morgan fingerprint density at radius 3 is 2.36 bits per heavy atom. The molecule has 0 radical (unpaired) electrons. The highest BCUT2D eigenvalue weighted by atomic mass is 19.2. The van der Waals surface area contributed by atoms with Crippen LogP contribution in [-0.4, -0.2) is 87.0 Å². The number of rotatable bonds is 9. The van der Waals surface area contributed by atoms with Gasteiger partial charge in [0.25, 0.3) is 0 Å². The summed E-state index contributed by atoms with van der Waals surface area (Å²) in [6.07, 6.45) is 4.05. The molecule has 0 aliphatic carbocycles. The van der Waals surface area contributed by atoms with Gasteiger partial charge in [0.05, 0.1) is 28.9 Å². The molecule has 5 aromatic rings. The zero-order valence-electron chi connectivity index (χ0n) is 34.2. The van der Waals surface area contributed by atoms with Gasteiger partial charge in [-0.15, -0.1) is 0 Å². The number of hydrogen-bond donors (Lipinski definition) is 0. The van der Waals surface area contributed by atoms with Crippen LogP contribution in [0.1, 0.15) is 76.5 Å². The molecule has 61 heavy (non-hydrogen) atoms. The molecule has 0 N–H and O–H groups in total. The number of aromatic nitrogens is 3. The van der Waals surface area contributed by atoms with Crippen molar-refractivity contribution in [2.24, 2.45) is 5.92 Å². The zero-order valence-corrected chi connectivity index (χ0v) is 34.2. The first-order chi connectivity index (χ1) is 29.2. The number of carbonyl (C=O) groups is 2. The fraction of sp³-hybridized carbons (Fsp3) is 0.444. The molecule has 4 aliphatic rings. The molecule has 9 rings (SSSR count). The molecule has 5 atom stereocenters.